The highest BCUT2D eigenvalue weighted by Crippen LogP contribution is 2.03. The molecule has 0 spiro atoms. The van der Waals surface area contributed by atoms with Crippen LogP contribution in [0.4, 0.5) is 0 Å². The molecule has 0 fully saturated rings. The van der Waals surface area contributed by atoms with Crippen LogP contribution in [0.3, 0.4) is 0 Å². The number of carbonyl (C=O) groups is 1. The average molecular weight is 192 g/mol. The minimum Gasteiger partial charge on any atom is -0.366 e. The quantitative estimate of drug-likeness (QED) is 0.690. The Morgan fingerprint density at radius 2 is 2.00 bits per heavy atom. The number of rotatable bonds is 5. The van der Waals surface area contributed by atoms with Crippen molar-refractivity contribution in [1.82, 2.24) is 5.32 Å². The number of amides is 1. The van der Waals surface area contributed by atoms with Gasteiger partial charge in [0.15, 0.2) is 0 Å². The van der Waals surface area contributed by atoms with Gasteiger partial charge in [-0.05, 0) is 30.7 Å². The fourth-order valence-corrected chi connectivity index (χ4v) is 1.20. The SMILES string of the molecule is CCCNCc1ccc(C(N)=O)cc1. The lowest BCUT2D eigenvalue weighted by atomic mass is 10.1. The van der Waals surface area contributed by atoms with Gasteiger partial charge in [0.05, 0.1) is 0 Å². The van der Waals surface area contributed by atoms with Crippen LogP contribution in [-0.4, -0.2) is 12.5 Å². The highest BCUT2D eigenvalue weighted by molar-refractivity contribution is 5.92. The number of nitrogens with two attached hydrogens (primary N) is 1. The Bertz CT molecular complexity index is 293. The maximum Gasteiger partial charge on any atom is 0.248 e. The first kappa shape index (κ1) is 10.7. The summed E-state index contributed by atoms with van der Waals surface area (Å²) in [6.45, 7) is 3.98. The zero-order valence-corrected chi connectivity index (χ0v) is 8.42. The van der Waals surface area contributed by atoms with Crippen molar-refractivity contribution in [3.8, 4) is 0 Å². The molecule has 0 aliphatic rings. The predicted octanol–water partition coefficient (Wildman–Crippen LogP) is 1.29. The summed E-state index contributed by atoms with van der Waals surface area (Å²) in [4.78, 5) is 10.8. The maximum atomic E-state index is 10.8. The van der Waals surface area contributed by atoms with E-state index in [1.807, 2.05) is 12.1 Å². The van der Waals surface area contributed by atoms with E-state index in [9.17, 15) is 4.79 Å². The van der Waals surface area contributed by atoms with Gasteiger partial charge in [-0.2, -0.15) is 0 Å². The zero-order valence-electron chi connectivity index (χ0n) is 8.42. The summed E-state index contributed by atoms with van der Waals surface area (Å²) < 4.78 is 0. The minimum atomic E-state index is -0.377. The minimum absolute atomic E-state index is 0.377. The van der Waals surface area contributed by atoms with Crippen molar-refractivity contribution >= 4 is 5.91 Å². The van der Waals surface area contributed by atoms with Crippen LogP contribution >= 0.6 is 0 Å². The van der Waals surface area contributed by atoms with E-state index in [1.54, 1.807) is 12.1 Å². The molecule has 0 heterocycles. The molecule has 3 nitrogen and oxygen atoms in total. The van der Waals surface area contributed by atoms with Crippen molar-refractivity contribution in [2.45, 2.75) is 19.9 Å². The molecule has 0 aromatic heterocycles. The summed E-state index contributed by atoms with van der Waals surface area (Å²) in [6, 6.07) is 7.35. The van der Waals surface area contributed by atoms with E-state index in [2.05, 4.69) is 12.2 Å². The number of hydrogen-bond donors (Lipinski definition) is 2. The summed E-state index contributed by atoms with van der Waals surface area (Å²) in [5.41, 5.74) is 6.86. The zero-order chi connectivity index (χ0) is 10.4. The van der Waals surface area contributed by atoms with E-state index in [4.69, 9.17) is 5.73 Å². The summed E-state index contributed by atoms with van der Waals surface area (Å²) in [6.07, 6.45) is 1.12. The molecule has 76 valence electrons. The largest absolute Gasteiger partial charge is 0.366 e. The Kier molecular flexibility index (Phi) is 4.13. The van der Waals surface area contributed by atoms with E-state index < -0.39 is 0 Å². The highest BCUT2D eigenvalue weighted by atomic mass is 16.1. The van der Waals surface area contributed by atoms with Crippen molar-refractivity contribution in [1.29, 1.82) is 0 Å². The van der Waals surface area contributed by atoms with Gasteiger partial charge < -0.3 is 11.1 Å². The Labute approximate surface area is 84.3 Å². The molecular formula is C11H16N2O. The number of primary amides is 1. The first-order valence-electron chi connectivity index (χ1n) is 4.83. The van der Waals surface area contributed by atoms with Gasteiger partial charge in [0, 0.05) is 12.1 Å². The molecular weight excluding hydrogens is 176 g/mol. The Morgan fingerprint density at radius 1 is 1.36 bits per heavy atom. The molecule has 0 aliphatic carbocycles. The number of benzene rings is 1. The van der Waals surface area contributed by atoms with Crippen LogP contribution in [0.2, 0.25) is 0 Å². The van der Waals surface area contributed by atoms with Crippen molar-refractivity contribution in [3.63, 3.8) is 0 Å². The van der Waals surface area contributed by atoms with Crippen LogP contribution in [0.25, 0.3) is 0 Å². The number of hydrogen-bond acceptors (Lipinski definition) is 2. The third-order valence-electron chi connectivity index (χ3n) is 1.99. The van der Waals surface area contributed by atoms with Crippen LogP contribution in [0, 0.1) is 0 Å². The van der Waals surface area contributed by atoms with Crippen LogP contribution in [0.1, 0.15) is 29.3 Å². The molecule has 0 saturated carbocycles. The summed E-state index contributed by atoms with van der Waals surface area (Å²) in [5.74, 6) is -0.377. The van der Waals surface area contributed by atoms with Gasteiger partial charge >= 0.3 is 0 Å². The normalized spacial score (nSPS) is 10.1. The van der Waals surface area contributed by atoms with Crippen molar-refractivity contribution in [2.75, 3.05) is 6.54 Å². The molecule has 0 saturated heterocycles. The second-order valence-electron chi connectivity index (χ2n) is 3.24. The first-order valence-corrected chi connectivity index (χ1v) is 4.83. The first-order chi connectivity index (χ1) is 6.74. The molecule has 0 aliphatic heterocycles. The Balaban J connectivity index is 2.51. The standard InChI is InChI=1S/C11H16N2O/c1-2-7-13-8-9-3-5-10(6-4-9)11(12)14/h3-6,13H,2,7-8H2,1H3,(H2,12,14). The van der Waals surface area contributed by atoms with E-state index in [-0.39, 0.29) is 5.91 Å². The van der Waals surface area contributed by atoms with Crippen LogP contribution in [0.5, 0.6) is 0 Å². The summed E-state index contributed by atoms with van der Waals surface area (Å²) in [5, 5.41) is 3.28. The molecule has 0 bridgehead atoms. The lowest BCUT2D eigenvalue weighted by Gasteiger charge is -2.03. The monoisotopic (exact) mass is 192 g/mol. The molecule has 1 aromatic rings. The molecule has 0 atom stereocenters. The van der Waals surface area contributed by atoms with Gasteiger partial charge in [-0.15, -0.1) is 0 Å². The molecule has 0 unspecified atom stereocenters. The van der Waals surface area contributed by atoms with Gasteiger partial charge in [-0.1, -0.05) is 19.1 Å². The molecule has 3 N–H and O–H groups in total. The fourth-order valence-electron chi connectivity index (χ4n) is 1.20. The van der Waals surface area contributed by atoms with Crippen LogP contribution in [-0.2, 0) is 6.54 Å². The van der Waals surface area contributed by atoms with Crippen LogP contribution < -0.4 is 11.1 Å². The fraction of sp³-hybridized carbons (Fsp3) is 0.364. The smallest absolute Gasteiger partial charge is 0.248 e. The molecule has 1 amide bonds. The van der Waals surface area contributed by atoms with Gasteiger partial charge in [-0.3, -0.25) is 4.79 Å². The van der Waals surface area contributed by atoms with E-state index in [0.29, 0.717) is 5.56 Å². The Hall–Kier alpha value is -1.35. The molecule has 0 radical (unpaired) electrons. The van der Waals surface area contributed by atoms with E-state index in [1.165, 1.54) is 5.56 Å². The number of carbonyl (C=O) groups excluding carboxylic acids is 1. The van der Waals surface area contributed by atoms with Crippen molar-refractivity contribution in [2.24, 2.45) is 5.73 Å². The lowest BCUT2D eigenvalue weighted by Crippen LogP contribution is -2.14. The van der Waals surface area contributed by atoms with E-state index in [0.717, 1.165) is 19.5 Å². The van der Waals surface area contributed by atoms with Gasteiger partial charge in [-0.25, -0.2) is 0 Å². The molecule has 1 rings (SSSR count). The average Bonchev–Trinajstić information content (AvgIpc) is 2.19. The predicted molar refractivity (Wildman–Crippen MR) is 57.0 cm³/mol. The highest BCUT2D eigenvalue weighted by Gasteiger charge is 1.98. The summed E-state index contributed by atoms with van der Waals surface area (Å²) >= 11 is 0. The van der Waals surface area contributed by atoms with Crippen LogP contribution in [0.15, 0.2) is 24.3 Å². The summed E-state index contributed by atoms with van der Waals surface area (Å²) in [7, 11) is 0. The topological polar surface area (TPSA) is 55.1 Å². The maximum absolute atomic E-state index is 10.8. The van der Waals surface area contributed by atoms with Gasteiger partial charge in [0.1, 0.15) is 0 Å². The molecule has 1 aromatic carbocycles. The van der Waals surface area contributed by atoms with E-state index >= 15 is 0 Å². The third-order valence-corrected chi connectivity index (χ3v) is 1.99. The van der Waals surface area contributed by atoms with Crippen molar-refractivity contribution < 1.29 is 4.79 Å². The van der Waals surface area contributed by atoms with Crippen molar-refractivity contribution in [3.05, 3.63) is 35.4 Å². The third kappa shape index (κ3) is 3.18. The van der Waals surface area contributed by atoms with Gasteiger partial charge in [0.2, 0.25) is 5.91 Å². The van der Waals surface area contributed by atoms with Gasteiger partial charge in [0.25, 0.3) is 0 Å². The second kappa shape index (κ2) is 5.40. The second-order valence-corrected chi connectivity index (χ2v) is 3.24. The lowest BCUT2D eigenvalue weighted by molar-refractivity contribution is 0.100. The number of nitrogens with one attached hydrogen (secondary N) is 1. The molecule has 3 heteroatoms. The molecule has 14 heavy (non-hydrogen) atoms. The Morgan fingerprint density at radius 3 is 2.50 bits per heavy atom.